The van der Waals surface area contributed by atoms with Crippen molar-refractivity contribution in [3.63, 3.8) is 0 Å². The molecule has 0 saturated heterocycles. The van der Waals surface area contributed by atoms with E-state index in [1.165, 1.54) is 0 Å². The molecule has 20 heavy (non-hydrogen) atoms. The molecule has 1 heterocycles. The smallest absolute Gasteiger partial charge is 0.202 e. The van der Waals surface area contributed by atoms with Crippen molar-refractivity contribution in [2.45, 2.75) is 13.8 Å². The zero-order valence-corrected chi connectivity index (χ0v) is 14.7. The molecule has 3 nitrogen and oxygen atoms in total. The van der Waals surface area contributed by atoms with Crippen molar-refractivity contribution in [2.75, 3.05) is 6.61 Å². The lowest BCUT2D eigenvalue weighted by atomic mass is 10.1. The summed E-state index contributed by atoms with van der Waals surface area (Å²) in [5.74, 6) is 0.646. The number of ether oxygens (including phenoxy) is 1. The van der Waals surface area contributed by atoms with Gasteiger partial charge in [0, 0.05) is 28.5 Å². The van der Waals surface area contributed by atoms with E-state index in [1.54, 1.807) is 0 Å². The molecule has 0 unspecified atom stereocenters. The molecule has 0 aliphatic heterocycles. The van der Waals surface area contributed by atoms with Gasteiger partial charge < -0.3 is 9.30 Å². The second-order valence-corrected chi connectivity index (χ2v) is 6.40. The van der Waals surface area contributed by atoms with Gasteiger partial charge in [-0.1, -0.05) is 15.9 Å². The van der Waals surface area contributed by atoms with Gasteiger partial charge in [0.1, 0.15) is 5.75 Å². The highest BCUT2D eigenvalue weighted by Crippen LogP contribution is 2.28. The maximum atomic E-state index is 12.2. The molecule has 2 aromatic rings. The van der Waals surface area contributed by atoms with Gasteiger partial charge >= 0.3 is 0 Å². The zero-order chi connectivity index (χ0) is 14.9. The number of aryl methyl sites for hydroxylation is 1. The summed E-state index contributed by atoms with van der Waals surface area (Å²) in [5.41, 5.74) is 2.75. The Morgan fingerprint density at radius 1 is 1.25 bits per heavy atom. The van der Waals surface area contributed by atoms with Gasteiger partial charge in [0.2, 0.25) is 5.78 Å². The molecule has 5 heteroatoms. The van der Waals surface area contributed by atoms with Gasteiger partial charge in [-0.3, -0.25) is 4.79 Å². The van der Waals surface area contributed by atoms with Crippen LogP contribution in [0.1, 0.15) is 21.7 Å². The van der Waals surface area contributed by atoms with E-state index in [1.807, 2.05) is 49.7 Å². The van der Waals surface area contributed by atoms with Crippen molar-refractivity contribution in [3.8, 4) is 5.75 Å². The van der Waals surface area contributed by atoms with Crippen LogP contribution in [0.25, 0.3) is 0 Å². The summed E-state index contributed by atoms with van der Waals surface area (Å²) >= 11 is 6.79. The Balaban J connectivity index is 2.10. The third kappa shape index (κ3) is 3.15. The van der Waals surface area contributed by atoms with E-state index in [9.17, 15) is 4.79 Å². The highest BCUT2D eigenvalue weighted by Gasteiger charge is 2.15. The maximum Gasteiger partial charge on any atom is 0.202 e. The molecule has 0 aliphatic rings. The quantitative estimate of drug-likeness (QED) is 0.711. The van der Waals surface area contributed by atoms with Crippen molar-refractivity contribution < 1.29 is 9.53 Å². The van der Waals surface area contributed by atoms with E-state index in [4.69, 9.17) is 4.74 Å². The van der Waals surface area contributed by atoms with Crippen LogP contribution in [0.3, 0.4) is 0 Å². The standard InChI is InChI=1S/C15H15Br2NO2/c1-9-6-12(10(2)18(9)3)14(19)8-20-15-5-4-11(16)7-13(15)17/h4-7H,8H2,1-3H3. The van der Waals surface area contributed by atoms with Gasteiger partial charge in [-0.25, -0.2) is 0 Å². The molecular weight excluding hydrogens is 386 g/mol. The van der Waals surface area contributed by atoms with Crippen LogP contribution in [0.5, 0.6) is 5.75 Å². The number of carbonyl (C=O) groups excluding carboxylic acids is 1. The van der Waals surface area contributed by atoms with Gasteiger partial charge in [-0.05, 0) is 54.0 Å². The molecule has 0 amide bonds. The first-order valence-corrected chi connectivity index (χ1v) is 7.72. The molecule has 0 spiro atoms. The van der Waals surface area contributed by atoms with Crippen molar-refractivity contribution >= 4 is 37.6 Å². The van der Waals surface area contributed by atoms with Crippen LogP contribution in [0.2, 0.25) is 0 Å². The molecule has 0 fully saturated rings. The van der Waals surface area contributed by atoms with Crippen LogP contribution in [0.15, 0.2) is 33.2 Å². The average molecular weight is 401 g/mol. The van der Waals surface area contributed by atoms with Gasteiger partial charge in [-0.2, -0.15) is 0 Å². The van der Waals surface area contributed by atoms with E-state index < -0.39 is 0 Å². The van der Waals surface area contributed by atoms with Gasteiger partial charge in [-0.15, -0.1) is 0 Å². The van der Waals surface area contributed by atoms with Crippen LogP contribution in [0, 0.1) is 13.8 Å². The Morgan fingerprint density at radius 2 is 1.95 bits per heavy atom. The second kappa shape index (κ2) is 6.14. The number of halogens is 2. The number of Topliss-reactive ketones (excluding diaryl/α,β-unsaturated/α-hetero) is 1. The molecule has 0 radical (unpaired) electrons. The first kappa shape index (κ1) is 15.3. The monoisotopic (exact) mass is 399 g/mol. The lowest BCUT2D eigenvalue weighted by Crippen LogP contribution is -2.12. The Labute approximate surface area is 135 Å². The molecule has 0 aliphatic carbocycles. The first-order valence-electron chi connectivity index (χ1n) is 6.14. The zero-order valence-electron chi connectivity index (χ0n) is 11.5. The molecule has 0 atom stereocenters. The highest BCUT2D eigenvalue weighted by atomic mass is 79.9. The van der Waals surface area contributed by atoms with Gasteiger partial charge in [0.15, 0.2) is 6.61 Å². The molecular formula is C15H15Br2NO2. The maximum absolute atomic E-state index is 12.2. The summed E-state index contributed by atoms with van der Waals surface area (Å²) in [6.07, 6.45) is 0. The molecule has 1 aromatic carbocycles. The molecule has 106 valence electrons. The van der Waals surface area contributed by atoms with Crippen LogP contribution in [-0.2, 0) is 7.05 Å². The molecule has 1 aromatic heterocycles. The normalized spacial score (nSPS) is 10.7. The first-order chi connectivity index (χ1) is 9.40. The number of carbonyl (C=O) groups is 1. The largest absolute Gasteiger partial charge is 0.484 e. The van der Waals surface area contributed by atoms with E-state index in [-0.39, 0.29) is 12.4 Å². The fourth-order valence-corrected chi connectivity index (χ4v) is 3.11. The molecule has 0 N–H and O–H groups in total. The van der Waals surface area contributed by atoms with Crippen LogP contribution >= 0.6 is 31.9 Å². The van der Waals surface area contributed by atoms with Gasteiger partial charge in [0.25, 0.3) is 0 Å². The van der Waals surface area contributed by atoms with Crippen LogP contribution in [0.4, 0.5) is 0 Å². The minimum Gasteiger partial charge on any atom is -0.484 e. The average Bonchev–Trinajstić information content (AvgIpc) is 2.65. The molecule has 0 bridgehead atoms. The Hall–Kier alpha value is -1.07. The van der Waals surface area contributed by atoms with Crippen molar-refractivity contribution in [1.29, 1.82) is 0 Å². The minimum atomic E-state index is -0.0129. The van der Waals surface area contributed by atoms with E-state index in [0.29, 0.717) is 5.75 Å². The number of hydrogen-bond acceptors (Lipinski definition) is 2. The third-order valence-corrected chi connectivity index (χ3v) is 4.44. The van der Waals surface area contributed by atoms with Gasteiger partial charge in [0.05, 0.1) is 4.47 Å². The summed E-state index contributed by atoms with van der Waals surface area (Å²) < 4.78 is 9.36. The topological polar surface area (TPSA) is 31.2 Å². The molecule has 0 saturated carbocycles. The Kier molecular flexibility index (Phi) is 4.70. The number of nitrogens with zero attached hydrogens (tertiary/aromatic N) is 1. The van der Waals surface area contributed by atoms with Crippen LogP contribution < -0.4 is 4.74 Å². The summed E-state index contributed by atoms with van der Waals surface area (Å²) in [4.78, 5) is 12.2. The highest BCUT2D eigenvalue weighted by molar-refractivity contribution is 9.11. The van der Waals surface area contributed by atoms with E-state index in [0.717, 1.165) is 25.9 Å². The summed E-state index contributed by atoms with van der Waals surface area (Å²) in [5, 5.41) is 0. The number of hydrogen-bond donors (Lipinski definition) is 0. The molecule has 2 rings (SSSR count). The predicted molar refractivity (Wildman–Crippen MR) is 86.6 cm³/mol. The summed E-state index contributed by atoms with van der Waals surface area (Å²) in [6.45, 7) is 3.95. The summed E-state index contributed by atoms with van der Waals surface area (Å²) in [7, 11) is 1.95. The van der Waals surface area contributed by atoms with Crippen molar-refractivity contribution in [2.24, 2.45) is 7.05 Å². The Bertz CT molecular complexity index is 662. The van der Waals surface area contributed by atoms with E-state index >= 15 is 0 Å². The number of ketones is 1. The lowest BCUT2D eigenvalue weighted by molar-refractivity contribution is 0.0920. The summed E-state index contributed by atoms with van der Waals surface area (Å²) in [6, 6.07) is 7.49. The SMILES string of the molecule is Cc1cc(C(=O)COc2ccc(Br)cc2Br)c(C)n1C. The number of benzene rings is 1. The van der Waals surface area contributed by atoms with Crippen molar-refractivity contribution in [1.82, 2.24) is 4.57 Å². The fraction of sp³-hybridized carbons (Fsp3) is 0.267. The fourth-order valence-electron chi connectivity index (χ4n) is 1.95. The number of aromatic nitrogens is 1. The van der Waals surface area contributed by atoms with Crippen LogP contribution in [-0.4, -0.2) is 17.0 Å². The minimum absolute atomic E-state index is 0.0129. The number of rotatable bonds is 4. The third-order valence-electron chi connectivity index (χ3n) is 3.33. The van der Waals surface area contributed by atoms with Crippen molar-refractivity contribution in [3.05, 3.63) is 50.2 Å². The Morgan fingerprint density at radius 3 is 2.50 bits per heavy atom. The van der Waals surface area contributed by atoms with E-state index in [2.05, 4.69) is 31.9 Å². The second-order valence-electron chi connectivity index (χ2n) is 4.63. The lowest BCUT2D eigenvalue weighted by Gasteiger charge is -2.08. The predicted octanol–water partition coefficient (Wildman–Crippen LogP) is 4.43.